The van der Waals surface area contributed by atoms with Gasteiger partial charge in [-0.1, -0.05) is 6.92 Å². The molecule has 0 aromatic rings. The topological polar surface area (TPSA) is 72.4 Å². The fourth-order valence-electron chi connectivity index (χ4n) is 0.203. The molecule has 0 aliphatic rings. The third kappa shape index (κ3) is 16.1. The average Bonchev–Trinajstić information content (AvgIpc) is 1.59. The molecule has 0 N–H and O–H groups in total. The summed E-state index contributed by atoms with van der Waals surface area (Å²) in [5, 5.41) is 0. The second kappa shape index (κ2) is 8.40. The molecule has 0 aliphatic carbocycles. The Morgan fingerprint density at radius 1 is 1.40 bits per heavy atom. The molecule has 0 saturated carbocycles. The Bertz CT molecular complexity index is 103. The van der Waals surface area contributed by atoms with Crippen molar-refractivity contribution >= 4 is 7.82 Å². The second-order valence-electron chi connectivity index (χ2n) is 1.28. The van der Waals surface area contributed by atoms with Gasteiger partial charge in [-0.3, -0.25) is 0 Å². The monoisotopic (exact) mass is 152 g/mol. The zero-order valence-electron chi connectivity index (χ0n) is 6.49. The molecule has 0 heterocycles. The molecular weight excluding hydrogens is 145 g/mol. The van der Waals surface area contributed by atoms with E-state index < -0.39 is 7.82 Å². The Kier molecular flexibility index (Phi) is 14.6. The van der Waals surface area contributed by atoms with Crippen molar-refractivity contribution in [1.82, 2.24) is 0 Å². The van der Waals surface area contributed by atoms with Crippen molar-refractivity contribution in [3.05, 3.63) is 0 Å². The minimum absolute atomic E-state index is 0. The number of hydrogen-bond donors (Lipinski definition) is 0. The minimum atomic E-state index is -4.68. The normalized spacial score (nSPS) is 9.50. The van der Waals surface area contributed by atoms with Gasteiger partial charge in [-0.2, -0.15) is 0 Å². The van der Waals surface area contributed by atoms with E-state index in [2.05, 4.69) is 4.52 Å². The summed E-state index contributed by atoms with van der Waals surface area (Å²) in [5.74, 6) is 0. The molecule has 10 heavy (non-hydrogen) atoms. The first-order chi connectivity index (χ1) is 3.56. The van der Waals surface area contributed by atoms with Crippen LogP contribution >= 0.6 is 7.82 Å². The Morgan fingerprint density at radius 3 is 1.90 bits per heavy atom. The van der Waals surface area contributed by atoms with Crippen molar-refractivity contribution < 1.29 is 56.6 Å². The Morgan fingerprint density at radius 2 is 1.80 bits per heavy atom. The van der Waals surface area contributed by atoms with Crippen LogP contribution in [0.3, 0.4) is 0 Å². The molecule has 0 aromatic carbocycles. The van der Waals surface area contributed by atoms with Gasteiger partial charge in [0.1, 0.15) is 0 Å². The molecule has 0 fully saturated rings. The van der Waals surface area contributed by atoms with E-state index in [4.69, 9.17) is 0 Å². The summed E-state index contributed by atoms with van der Waals surface area (Å²) < 4.78 is 13.5. The van der Waals surface area contributed by atoms with Gasteiger partial charge in [0.15, 0.2) is 0 Å². The summed E-state index contributed by atoms with van der Waals surface area (Å²) in [6, 6.07) is 0. The van der Waals surface area contributed by atoms with E-state index in [9.17, 15) is 14.4 Å². The Hall–Kier alpha value is 1.30. The van der Waals surface area contributed by atoms with Gasteiger partial charge in [0.2, 0.25) is 0 Å². The van der Waals surface area contributed by atoms with E-state index in [0.29, 0.717) is 6.42 Å². The van der Waals surface area contributed by atoms with E-state index in [-0.39, 0.29) is 44.3 Å². The van der Waals surface area contributed by atoms with Gasteiger partial charge in [0.25, 0.3) is 0 Å². The van der Waals surface area contributed by atoms with E-state index in [0.717, 1.165) is 0 Å². The van der Waals surface area contributed by atoms with E-state index >= 15 is 0 Å². The molecule has 7 heteroatoms. The molecule has 0 amide bonds. The molecule has 50 valence electrons. The molecule has 0 spiro atoms. The van der Waals surface area contributed by atoms with Crippen LogP contribution in [0.5, 0.6) is 0 Å². The van der Waals surface area contributed by atoms with Crippen molar-refractivity contribution in [2.45, 2.75) is 13.3 Å². The van der Waals surface area contributed by atoms with Crippen LogP contribution in [0.2, 0.25) is 0 Å². The third-order valence-corrected chi connectivity index (χ3v) is 0.952. The van der Waals surface area contributed by atoms with Gasteiger partial charge in [-0.25, -0.2) is 0 Å². The molecule has 0 aliphatic heterocycles. The van der Waals surface area contributed by atoms with E-state index in [1.807, 2.05) is 0 Å². The van der Waals surface area contributed by atoms with Crippen molar-refractivity contribution in [1.29, 1.82) is 0 Å². The van der Waals surface area contributed by atoms with Crippen LogP contribution in [0.1, 0.15) is 13.3 Å². The number of rotatable bonds is 3. The number of phosphoric ester groups is 1. The van der Waals surface area contributed by atoms with E-state index in [1.165, 1.54) is 0 Å². The quantitative estimate of drug-likeness (QED) is 0.297. The predicted molar refractivity (Wildman–Crippen MR) is 23.8 cm³/mol. The van der Waals surface area contributed by atoms with Crippen LogP contribution in [0.15, 0.2) is 0 Å². The Labute approximate surface area is 84.3 Å². The zero-order chi connectivity index (χ0) is 6.62. The molecular formula is C3H7Li2O4P. The maximum Gasteiger partial charge on any atom is 1.00 e. The predicted octanol–water partition coefficient (Wildman–Crippen LogP) is -6.75. The molecule has 0 saturated heterocycles. The minimum Gasteiger partial charge on any atom is -0.790 e. The third-order valence-electron chi connectivity index (χ3n) is 0.454. The largest absolute Gasteiger partial charge is 1.00 e. The van der Waals surface area contributed by atoms with Crippen LogP contribution in [0, 0.1) is 0 Å². The van der Waals surface area contributed by atoms with Gasteiger partial charge >= 0.3 is 37.7 Å². The maximum atomic E-state index is 9.64. The molecule has 0 radical (unpaired) electrons. The van der Waals surface area contributed by atoms with Gasteiger partial charge in [-0.15, -0.1) is 0 Å². The van der Waals surface area contributed by atoms with Gasteiger partial charge in [0.05, 0.1) is 14.4 Å². The smallest absolute Gasteiger partial charge is 0.790 e. The summed E-state index contributed by atoms with van der Waals surface area (Å²) in [6.07, 6.45) is 0.536. The Balaban J connectivity index is -0.000000245. The summed E-state index contributed by atoms with van der Waals surface area (Å²) in [4.78, 5) is 19.3. The van der Waals surface area contributed by atoms with Crippen LogP contribution in [0.4, 0.5) is 0 Å². The van der Waals surface area contributed by atoms with Crippen LogP contribution in [0.25, 0.3) is 0 Å². The standard InChI is InChI=1S/C3H9O4P.2Li/c1-2-3-7-8(4,5)6;;/h2-3H2,1H3,(H2,4,5,6);;/q;2*+1/p-2. The summed E-state index contributed by atoms with van der Waals surface area (Å²) in [7, 11) is -4.68. The number of hydrogen-bond acceptors (Lipinski definition) is 4. The van der Waals surface area contributed by atoms with Crippen molar-refractivity contribution in [3.63, 3.8) is 0 Å². The molecule has 4 nitrogen and oxygen atoms in total. The molecule has 0 atom stereocenters. The molecule has 0 aromatic heterocycles. The van der Waals surface area contributed by atoms with Gasteiger partial charge in [0, 0.05) is 0 Å². The SMILES string of the molecule is CCCOP(=O)([O-])[O-].[Li+].[Li+]. The fourth-order valence-corrected chi connectivity index (χ4v) is 0.609. The molecule has 0 bridgehead atoms. The van der Waals surface area contributed by atoms with Gasteiger partial charge in [-0.05, 0) is 6.42 Å². The average molecular weight is 152 g/mol. The summed E-state index contributed by atoms with van der Waals surface area (Å²) in [6.45, 7) is 1.71. The van der Waals surface area contributed by atoms with Crippen LogP contribution in [-0.4, -0.2) is 6.61 Å². The van der Waals surface area contributed by atoms with Gasteiger partial charge < -0.3 is 18.9 Å². The second-order valence-corrected chi connectivity index (χ2v) is 2.43. The fraction of sp³-hybridized carbons (Fsp3) is 1.00. The van der Waals surface area contributed by atoms with Crippen molar-refractivity contribution in [2.24, 2.45) is 0 Å². The maximum absolute atomic E-state index is 9.64. The first kappa shape index (κ1) is 17.4. The van der Waals surface area contributed by atoms with Crippen molar-refractivity contribution in [2.75, 3.05) is 6.61 Å². The molecule has 0 rings (SSSR count). The summed E-state index contributed by atoms with van der Waals surface area (Å²) >= 11 is 0. The van der Waals surface area contributed by atoms with Crippen LogP contribution in [-0.2, 0) is 9.09 Å². The molecule has 0 unspecified atom stereocenters. The van der Waals surface area contributed by atoms with Crippen molar-refractivity contribution in [3.8, 4) is 0 Å². The van der Waals surface area contributed by atoms with E-state index in [1.54, 1.807) is 6.92 Å². The number of phosphoric acid groups is 1. The van der Waals surface area contributed by atoms with Crippen LogP contribution < -0.4 is 47.5 Å². The summed E-state index contributed by atoms with van der Waals surface area (Å²) in [5.41, 5.74) is 0. The first-order valence-corrected chi connectivity index (χ1v) is 3.69. The zero-order valence-corrected chi connectivity index (χ0v) is 7.39. The first-order valence-electron chi connectivity index (χ1n) is 2.23.